The third-order valence-electron chi connectivity index (χ3n) is 1.90. The molecule has 0 fully saturated rings. The minimum absolute atomic E-state index is 0.601. The van der Waals surface area contributed by atoms with E-state index in [9.17, 15) is 35.5 Å². The van der Waals surface area contributed by atoms with Gasteiger partial charge in [-0.1, -0.05) is 0 Å². The number of aliphatic hydroxyl groups excluding tert-OH is 2. The van der Waals surface area contributed by atoms with Crippen LogP contribution >= 0.6 is 0 Å². The van der Waals surface area contributed by atoms with E-state index < -0.39 is 49.7 Å². The second kappa shape index (κ2) is 5.90. The van der Waals surface area contributed by atoms with Crippen LogP contribution in [0, 0.1) is 0 Å². The maximum atomic E-state index is 12.6. The molecule has 0 spiro atoms. The smallest absolute Gasteiger partial charge is 0.460 e. The lowest BCUT2D eigenvalue weighted by Crippen LogP contribution is -2.56. The zero-order chi connectivity index (χ0) is 15.5. The van der Waals surface area contributed by atoms with Crippen LogP contribution in [0.25, 0.3) is 0 Å². The van der Waals surface area contributed by atoms with Gasteiger partial charge in [-0.15, -0.1) is 0 Å². The summed E-state index contributed by atoms with van der Waals surface area (Å²) in [6.07, 6.45) is -8.71. The van der Waals surface area contributed by atoms with Crippen molar-refractivity contribution < 1.29 is 50.5 Å². The second-order valence-corrected chi connectivity index (χ2v) is 3.41. The fourth-order valence-corrected chi connectivity index (χ4v) is 0.776. The molecule has 11 heteroatoms. The summed E-state index contributed by atoms with van der Waals surface area (Å²) in [6, 6.07) is 0. The molecule has 19 heavy (non-hydrogen) atoms. The Bertz CT molecular complexity index is 315. The minimum atomic E-state index is -6.62. The van der Waals surface area contributed by atoms with Gasteiger partial charge in [0.15, 0.2) is 0 Å². The van der Waals surface area contributed by atoms with E-state index in [1.165, 1.54) is 0 Å². The number of halogens is 7. The van der Waals surface area contributed by atoms with Crippen molar-refractivity contribution in [2.45, 2.75) is 30.5 Å². The van der Waals surface area contributed by atoms with E-state index in [4.69, 9.17) is 10.2 Å². The first kappa shape index (κ1) is 17.9. The van der Waals surface area contributed by atoms with E-state index >= 15 is 0 Å². The summed E-state index contributed by atoms with van der Waals surface area (Å²) in [7, 11) is 0. The Hall–Kier alpha value is -1.10. The van der Waals surface area contributed by atoms with Crippen molar-refractivity contribution in [1.29, 1.82) is 0 Å². The van der Waals surface area contributed by atoms with Crippen molar-refractivity contribution in [3.8, 4) is 0 Å². The maximum Gasteiger partial charge on any atom is 0.460 e. The van der Waals surface area contributed by atoms with Gasteiger partial charge in [-0.25, -0.2) is 4.79 Å². The minimum Gasteiger partial charge on any atom is -0.461 e. The van der Waals surface area contributed by atoms with Crippen LogP contribution < -0.4 is 0 Å². The fraction of sp³-hybridized carbons (Fsp3) is 0.875. The van der Waals surface area contributed by atoms with Crippen LogP contribution in [0.5, 0.6) is 0 Å². The summed E-state index contributed by atoms with van der Waals surface area (Å²) < 4.78 is 88.5. The normalized spacial score (nSPS) is 15.2. The van der Waals surface area contributed by atoms with Gasteiger partial charge < -0.3 is 14.9 Å². The molecule has 0 aromatic heterocycles. The summed E-state index contributed by atoms with van der Waals surface area (Å²) >= 11 is 0. The first-order valence-electron chi connectivity index (χ1n) is 4.66. The molecule has 0 aromatic rings. The Kier molecular flexibility index (Phi) is 5.56. The molecule has 0 bridgehead atoms. The van der Waals surface area contributed by atoms with Crippen molar-refractivity contribution >= 4 is 5.97 Å². The van der Waals surface area contributed by atoms with Crippen LogP contribution in [-0.4, -0.2) is 53.5 Å². The van der Waals surface area contributed by atoms with Crippen molar-refractivity contribution in [3.63, 3.8) is 0 Å². The van der Waals surface area contributed by atoms with E-state index in [0.717, 1.165) is 0 Å². The molecule has 0 saturated carbocycles. The van der Waals surface area contributed by atoms with E-state index in [-0.39, 0.29) is 0 Å². The highest BCUT2D eigenvalue weighted by Crippen LogP contribution is 2.46. The van der Waals surface area contributed by atoms with E-state index in [1.54, 1.807) is 0 Å². The van der Waals surface area contributed by atoms with Crippen LogP contribution in [0.2, 0.25) is 0 Å². The second-order valence-electron chi connectivity index (χ2n) is 3.41. The zero-order valence-corrected chi connectivity index (χ0v) is 9.06. The summed E-state index contributed by atoms with van der Waals surface area (Å²) in [5.41, 5.74) is 0. The number of esters is 1. The number of alkyl halides is 7. The monoisotopic (exact) mass is 302 g/mol. The average Bonchev–Trinajstić information content (AvgIpc) is 2.26. The van der Waals surface area contributed by atoms with Gasteiger partial charge in [0.25, 0.3) is 0 Å². The SMILES string of the molecule is O=C(OCCC(O)CO)C(F)(F)C(F)(F)C(F)(F)F. The maximum absolute atomic E-state index is 12.6. The van der Waals surface area contributed by atoms with E-state index in [0.29, 0.717) is 0 Å². The molecule has 0 aliphatic heterocycles. The Morgan fingerprint density at radius 3 is 1.95 bits per heavy atom. The molecule has 114 valence electrons. The number of aliphatic hydroxyl groups is 2. The Morgan fingerprint density at radius 2 is 1.58 bits per heavy atom. The molecule has 0 heterocycles. The number of ether oxygens (including phenoxy) is 1. The van der Waals surface area contributed by atoms with Crippen LogP contribution in [0.4, 0.5) is 30.7 Å². The van der Waals surface area contributed by atoms with Crippen molar-refractivity contribution in [2.75, 3.05) is 13.2 Å². The lowest BCUT2D eigenvalue weighted by atomic mass is 10.1. The van der Waals surface area contributed by atoms with Crippen LogP contribution in [0.15, 0.2) is 0 Å². The van der Waals surface area contributed by atoms with Crippen molar-refractivity contribution in [1.82, 2.24) is 0 Å². The van der Waals surface area contributed by atoms with Gasteiger partial charge in [-0.2, -0.15) is 30.7 Å². The molecule has 0 rings (SSSR count). The highest BCUT2D eigenvalue weighted by Gasteiger charge is 2.77. The topological polar surface area (TPSA) is 66.8 Å². The Morgan fingerprint density at radius 1 is 1.11 bits per heavy atom. The molecule has 1 atom stereocenters. The van der Waals surface area contributed by atoms with Crippen molar-refractivity contribution in [2.24, 2.45) is 0 Å². The third kappa shape index (κ3) is 3.93. The van der Waals surface area contributed by atoms with Gasteiger partial charge in [0.05, 0.1) is 19.3 Å². The molecule has 0 radical (unpaired) electrons. The first-order chi connectivity index (χ1) is 8.38. The van der Waals surface area contributed by atoms with Gasteiger partial charge in [-0.3, -0.25) is 0 Å². The predicted molar refractivity (Wildman–Crippen MR) is 44.6 cm³/mol. The highest BCUT2D eigenvalue weighted by atomic mass is 19.4. The van der Waals surface area contributed by atoms with Crippen LogP contribution in [-0.2, 0) is 9.53 Å². The number of carbonyl (C=O) groups excluding carboxylic acids is 1. The summed E-state index contributed by atoms with van der Waals surface area (Å²) in [5, 5.41) is 17.0. The lowest BCUT2D eigenvalue weighted by Gasteiger charge is -2.26. The van der Waals surface area contributed by atoms with E-state index in [2.05, 4.69) is 4.74 Å². The Balaban J connectivity index is 4.69. The highest BCUT2D eigenvalue weighted by molar-refractivity contribution is 5.79. The Labute approximate surface area is 101 Å². The largest absolute Gasteiger partial charge is 0.461 e. The summed E-state index contributed by atoms with van der Waals surface area (Å²) in [4.78, 5) is 10.5. The lowest BCUT2D eigenvalue weighted by molar-refractivity contribution is -0.348. The molecule has 0 amide bonds. The van der Waals surface area contributed by atoms with Gasteiger partial charge in [0.1, 0.15) is 0 Å². The number of hydrogen-bond acceptors (Lipinski definition) is 4. The average molecular weight is 302 g/mol. The molecule has 1 unspecified atom stereocenters. The molecular weight excluding hydrogens is 293 g/mol. The third-order valence-corrected chi connectivity index (χ3v) is 1.90. The molecule has 2 N–H and O–H groups in total. The van der Waals surface area contributed by atoms with Gasteiger partial charge in [0.2, 0.25) is 0 Å². The van der Waals surface area contributed by atoms with E-state index in [1.807, 2.05) is 0 Å². The molecule has 0 aromatic carbocycles. The van der Waals surface area contributed by atoms with Crippen LogP contribution in [0.3, 0.4) is 0 Å². The summed E-state index contributed by atoms with van der Waals surface area (Å²) in [5.74, 6) is -15.7. The van der Waals surface area contributed by atoms with Gasteiger partial charge in [0, 0.05) is 6.42 Å². The first-order valence-corrected chi connectivity index (χ1v) is 4.66. The standard InChI is InChI=1S/C8H9F7O4/c9-6(10,7(11,12)8(13,14)15)5(18)19-2-1-4(17)3-16/h4,16-17H,1-3H2. The molecular formula is C8H9F7O4. The van der Waals surface area contributed by atoms with Gasteiger partial charge >= 0.3 is 24.0 Å². The quantitative estimate of drug-likeness (QED) is 0.570. The number of carbonyl (C=O) groups is 1. The van der Waals surface area contributed by atoms with Crippen LogP contribution in [0.1, 0.15) is 6.42 Å². The number of rotatable bonds is 6. The molecule has 0 saturated heterocycles. The van der Waals surface area contributed by atoms with Crippen molar-refractivity contribution in [3.05, 3.63) is 0 Å². The molecule has 4 nitrogen and oxygen atoms in total. The fourth-order valence-electron chi connectivity index (χ4n) is 0.776. The zero-order valence-electron chi connectivity index (χ0n) is 9.06. The van der Waals surface area contributed by atoms with Gasteiger partial charge in [-0.05, 0) is 0 Å². The number of hydrogen-bond donors (Lipinski definition) is 2. The molecule has 0 aliphatic carbocycles. The predicted octanol–water partition coefficient (Wildman–Crippen LogP) is 1.11. The summed E-state index contributed by atoms with van der Waals surface area (Å²) in [6.45, 7) is -1.88. The molecule has 0 aliphatic rings.